The Morgan fingerprint density at radius 1 is 0.972 bits per heavy atom. The summed E-state index contributed by atoms with van der Waals surface area (Å²) >= 11 is 0. The molecule has 3 aromatic rings. The van der Waals surface area contributed by atoms with E-state index in [-0.39, 0.29) is 6.09 Å². The lowest BCUT2D eigenvalue weighted by Crippen LogP contribution is -2.37. The first-order valence-electron chi connectivity index (χ1n) is 12.1. The summed E-state index contributed by atoms with van der Waals surface area (Å²) in [6.07, 6.45) is 1.22. The first-order valence-corrected chi connectivity index (χ1v) is 12.1. The molecule has 1 fully saturated rings. The van der Waals surface area contributed by atoms with Crippen molar-refractivity contribution >= 4 is 11.7 Å². The monoisotopic (exact) mass is 493 g/mol. The fraction of sp³-hybridized carbons (Fsp3) is 0.321. The van der Waals surface area contributed by atoms with E-state index >= 15 is 0 Å². The maximum atomic E-state index is 13.3. The van der Waals surface area contributed by atoms with E-state index in [9.17, 15) is 18.0 Å². The Morgan fingerprint density at radius 3 is 2.50 bits per heavy atom. The second kappa shape index (κ2) is 9.76. The molecule has 1 aliphatic heterocycles. The van der Waals surface area contributed by atoms with Crippen LogP contribution in [0.15, 0.2) is 60.4 Å². The molecular weight excluding hydrogens is 467 g/mol. The van der Waals surface area contributed by atoms with Crippen LogP contribution in [0.3, 0.4) is 0 Å². The van der Waals surface area contributed by atoms with Gasteiger partial charge in [0.25, 0.3) is 0 Å². The maximum absolute atomic E-state index is 13.3. The summed E-state index contributed by atoms with van der Waals surface area (Å²) in [6, 6.07) is 11.9. The van der Waals surface area contributed by atoms with E-state index in [1.165, 1.54) is 11.8 Å². The van der Waals surface area contributed by atoms with Gasteiger partial charge >= 0.3 is 12.3 Å². The number of hydrogen-bond acceptors (Lipinski definition) is 4. The summed E-state index contributed by atoms with van der Waals surface area (Å²) in [4.78, 5) is 22.9. The molecule has 186 valence electrons. The van der Waals surface area contributed by atoms with E-state index in [1.807, 2.05) is 24.3 Å². The van der Waals surface area contributed by atoms with E-state index < -0.39 is 11.7 Å². The Balaban J connectivity index is 1.56. The van der Waals surface area contributed by atoms with Crippen molar-refractivity contribution in [2.45, 2.75) is 38.8 Å². The van der Waals surface area contributed by atoms with Gasteiger partial charge in [0.15, 0.2) is 0 Å². The molecule has 1 saturated heterocycles. The molecule has 0 N–H and O–H groups in total. The lowest BCUT2D eigenvalue weighted by molar-refractivity contribution is -0.137. The van der Waals surface area contributed by atoms with E-state index in [0.717, 1.165) is 52.9 Å². The Labute approximate surface area is 207 Å². The van der Waals surface area contributed by atoms with Gasteiger partial charge in [0, 0.05) is 36.6 Å². The van der Waals surface area contributed by atoms with Crippen LogP contribution in [0.4, 0.5) is 18.0 Å². The van der Waals surface area contributed by atoms with Crippen LogP contribution in [-0.2, 0) is 23.8 Å². The molecule has 1 amide bonds. The molecule has 2 aromatic heterocycles. The molecule has 2 aliphatic rings. The van der Waals surface area contributed by atoms with E-state index in [4.69, 9.17) is 9.72 Å². The molecule has 36 heavy (non-hydrogen) atoms. The van der Waals surface area contributed by atoms with Crippen LogP contribution in [0.25, 0.3) is 16.8 Å². The molecule has 1 aliphatic carbocycles. The zero-order chi connectivity index (χ0) is 25.3. The molecule has 1 aromatic carbocycles. The fourth-order valence-electron chi connectivity index (χ4n) is 5.01. The van der Waals surface area contributed by atoms with Gasteiger partial charge in [-0.25, -0.2) is 4.79 Å². The standard InChI is InChI=1S/C28H26F3N3O2/c1-2-36-27(35)34-14-10-18(11-15-34)25-23-8-7-21(24-17-22(9-13-32-24)28(29,30)31)16-20(23)6-5-19-4-3-12-33-26(19)25/h3-4,7-9,12-13,16-17H,2,5-6,10-11,14-15H2,1H3. The number of aromatic nitrogens is 2. The number of halogens is 3. The number of rotatable bonds is 2. The highest BCUT2D eigenvalue weighted by Crippen LogP contribution is 2.39. The molecule has 3 heterocycles. The molecule has 0 saturated carbocycles. The Kier molecular flexibility index (Phi) is 6.51. The molecule has 8 heteroatoms. The third kappa shape index (κ3) is 4.72. The van der Waals surface area contributed by atoms with Gasteiger partial charge in [0.2, 0.25) is 0 Å². The zero-order valence-electron chi connectivity index (χ0n) is 19.9. The topological polar surface area (TPSA) is 55.3 Å². The highest BCUT2D eigenvalue weighted by atomic mass is 19.4. The number of nitrogens with zero attached hydrogens (tertiary/aromatic N) is 3. The van der Waals surface area contributed by atoms with E-state index in [2.05, 4.69) is 11.1 Å². The van der Waals surface area contributed by atoms with Crippen LogP contribution >= 0.6 is 0 Å². The van der Waals surface area contributed by atoms with Crippen LogP contribution in [0, 0.1) is 0 Å². The lowest BCUT2D eigenvalue weighted by Gasteiger charge is -2.29. The second-order valence-corrected chi connectivity index (χ2v) is 8.98. The molecule has 0 radical (unpaired) electrons. The van der Waals surface area contributed by atoms with Crippen LogP contribution in [0.1, 0.15) is 47.7 Å². The van der Waals surface area contributed by atoms with Crippen LogP contribution < -0.4 is 0 Å². The Hall–Kier alpha value is -3.68. The number of ether oxygens (including phenoxy) is 1. The van der Waals surface area contributed by atoms with Gasteiger partial charge in [0.1, 0.15) is 0 Å². The average Bonchev–Trinajstić information content (AvgIpc) is 3.05. The number of likely N-dealkylation sites (tertiary alicyclic amines) is 1. The van der Waals surface area contributed by atoms with Crippen molar-refractivity contribution < 1.29 is 22.7 Å². The summed E-state index contributed by atoms with van der Waals surface area (Å²) in [5.74, 6) is 0. The number of alkyl halides is 3. The van der Waals surface area contributed by atoms with Gasteiger partial charge < -0.3 is 9.64 Å². The molecule has 0 atom stereocenters. The number of carbonyl (C=O) groups is 1. The van der Waals surface area contributed by atoms with Gasteiger partial charge in [-0.05, 0) is 73.6 Å². The minimum Gasteiger partial charge on any atom is -0.450 e. The van der Waals surface area contributed by atoms with Gasteiger partial charge in [-0.15, -0.1) is 0 Å². The molecule has 0 spiro atoms. The molecule has 5 nitrogen and oxygen atoms in total. The predicted molar refractivity (Wildman–Crippen MR) is 130 cm³/mol. The van der Waals surface area contributed by atoms with Crippen molar-refractivity contribution in [1.29, 1.82) is 0 Å². The number of hydrogen-bond donors (Lipinski definition) is 0. The van der Waals surface area contributed by atoms with Gasteiger partial charge in [-0.3, -0.25) is 9.97 Å². The lowest BCUT2D eigenvalue weighted by atomic mass is 9.87. The third-order valence-electron chi connectivity index (χ3n) is 6.80. The van der Waals surface area contributed by atoms with Crippen molar-refractivity contribution in [2.24, 2.45) is 0 Å². The van der Waals surface area contributed by atoms with Crippen molar-refractivity contribution in [3.8, 4) is 11.3 Å². The first kappa shape index (κ1) is 24.0. The second-order valence-electron chi connectivity index (χ2n) is 8.98. The third-order valence-corrected chi connectivity index (χ3v) is 6.80. The molecule has 0 bridgehead atoms. The Bertz CT molecular complexity index is 1320. The SMILES string of the molecule is CCOC(=O)N1CCC(=C2c3ccc(-c4cc(C(F)(F)F)ccn4)cc3CCc3cccnc32)CC1. The molecule has 5 rings (SSSR count). The number of fused-ring (bicyclic) bond motifs is 2. The van der Waals surface area contributed by atoms with Gasteiger partial charge in [0.05, 0.1) is 23.6 Å². The summed E-state index contributed by atoms with van der Waals surface area (Å²) in [5.41, 5.74) is 6.72. The van der Waals surface area contributed by atoms with Crippen LogP contribution in [-0.4, -0.2) is 40.7 Å². The minimum atomic E-state index is -4.42. The fourth-order valence-corrected chi connectivity index (χ4v) is 5.01. The number of benzene rings is 1. The Morgan fingerprint density at radius 2 is 1.75 bits per heavy atom. The van der Waals surface area contributed by atoms with Crippen LogP contribution in [0.2, 0.25) is 0 Å². The number of amides is 1. The van der Waals surface area contributed by atoms with Crippen LogP contribution in [0.5, 0.6) is 0 Å². The van der Waals surface area contributed by atoms with E-state index in [0.29, 0.717) is 43.8 Å². The van der Waals surface area contributed by atoms with Crippen molar-refractivity contribution in [3.05, 3.63) is 88.4 Å². The zero-order valence-corrected chi connectivity index (χ0v) is 19.9. The molecule has 0 unspecified atom stereocenters. The van der Waals surface area contributed by atoms with Crippen molar-refractivity contribution in [3.63, 3.8) is 0 Å². The minimum absolute atomic E-state index is 0.292. The summed E-state index contributed by atoms with van der Waals surface area (Å²) in [5, 5.41) is 0. The number of piperidine rings is 1. The predicted octanol–water partition coefficient (Wildman–Crippen LogP) is 6.32. The van der Waals surface area contributed by atoms with Gasteiger partial charge in [-0.1, -0.05) is 23.8 Å². The summed E-state index contributed by atoms with van der Waals surface area (Å²) < 4.78 is 45.0. The largest absolute Gasteiger partial charge is 0.450 e. The number of carbonyl (C=O) groups excluding carboxylic acids is 1. The van der Waals surface area contributed by atoms with E-state index in [1.54, 1.807) is 18.0 Å². The molecular formula is C28H26F3N3O2. The maximum Gasteiger partial charge on any atom is 0.416 e. The summed E-state index contributed by atoms with van der Waals surface area (Å²) in [7, 11) is 0. The normalized spacial score (nSPS) is 15.7. The first-order chi connectivity index (χ1) is 17.3. The summed E-state index contributed by atoms with van der Waals surface area (Å²) in [6.45, 7) is 3.28. The number of pyridine rings is 2. The quantitative estimate of drug-likeness (QED) is 0.420. The number of aryl methyl sites for hydroxylation is 2. The van der Waals surface area contributed by atoms with Crippen molar-refractivity contribution in [1.82, 2.24) is 14.9 Å². The highest BCUT2D eigenvalue weighted by Gasteiger charge is 2.31. The smallest absolute Gasteiger partial charge is 0.416 e. The average molecular weight is 494 g/mol. The van der Waals surface area contributed by atoms with Gasteiger partial charge in [-0.2, -0.15) is 13.2 Å². The highest BCUT2D eigenvalue weighted by molar-refractivity contribution is 5.85. The van der Waals surface area contributed by atoms with Crippen molar-refractivity contribution in [2.75, 3.05) is 19.7 Å².